The molecule has 0 fully saturated rings. The van der Waals surface area contributed by atoms with Gasteiger partial charge in [-0.2, -0.15) is 0 Å². The summed E-state index contributed by atoms with van der Waals surface area (Å²) in [4.78, 5) is 17.2. The number of nitrogens with one attached hydrogen (secondary N) is 1. The van der Waals surface area contributed by atoms with Crippen LogP contribution >= 0.6 is 11.8 Å². The second-order valence-electron chi connectivity index (χ2n) is 7.18. The SMILES string of the molecule is Cc1cc2cc3c(cc2nc1SCC(=O)Nc1ccc2c(c1)OCO2)CCC3. The van der Waals surface area contributed by atoms with E-state index in [-0.39, 0.29) is 12.7 Å². The molecule has 2 aromatic carbocycles. The summed E-state index contributed by atoms with van der Waals surface area (Å²) in [5, 5.41) is 5.01. The first-order valence-corrected chi connectivity index (χ1v) is 10.4. The molecule has 0 unspecified atom stereocenters. The molecule has 5 rings (SSSR count). The fourth-order valence-electron chi connectivity index (χ4n) is 3.79. The fraction of sp³-hybridized carbons (Fsp3) is 0.273. The summed E-state index contributed by atoms with van der Waals surface area (Å²) in [6, 6.07) is 12.1. The van der Waals surface area contributed by atoms with Crippen molar-refractivity contribution in [2.24, 2.45) is 0 Å². The summed E-state index contributed by atoms with van der Waals surface area (Å²) in [7, 11) is 0. The van der Waals surface area contributed by atoms with Crippen LogP contribution < -0.4 is 14.8 Å². The topological polar surface area (TPSA) is 60.5 Å². The Bertz CT molecular complexity index is 1100. The largest absolute Gasteiger partial charge is 0.454 e. The summed E-state index contributed by atoms with van der Waals surface area (Å²) in [6.45, 7) is 2.27. The standard InChI is InChI=1S/C22H20N2O3S/c1-13-7-16-8-14-3-2-4-15(14)9-18(16)24-22(13)28-11-21(25)23-17-5-6-19-20(10-17)27-12-26-19/h5-10H,2-4,11-12H2,1H3,(H,23,25). The van der Waals surface area contributed by atoms with E-state index in [1.807, 2.05) is 6.07 Å². The number of fused-ring (bicyclic) bond motifs is 3. The molecule has 6 heteroatoms. The van der Waals surface area contributed by atoms with E-state index in [0.717, 1.165) is 22.5 Å². The molecule has 1 aliphatic carbocycles. The summed E-state index contributed by atoms with van der Waals surface area (Å²) in [5.41, 5.74) is 5.70. The van der Waals surface area contributed by atoms with Gasteiger partial charge in [-0.05, 0) is 73.2 Å². The van der Waals surface area contributed by atoms with Crippen molar-refractivity contribution >= 4 is 34.3 Å². The number of rotatable bonds is 4. The minimum Gasteiger partial charge on any atom is -0.454 e. The normalized spacial score (nSPS) is 14.3. The molecule has 142 valence electrons. The maximum Gasteiger partial charge on any atom is 0.234 e. The van der Waals surface area contributed by atoms with E-state index in [0.29, 0.717) is 22.9 Å². The summed E-state index contributed by atoms with van der Waals surface area (Å²) >= 11 is 1.47. The number of thioether (sulfide) groups is 1. The van der Waals surface area contributed by atoms with Crippen LogP contribution in [0.2, 0.25) is 0 Å². The van der Waals surface area contributed by atoms with E-state index in [1.165, 1.54) is 41.1 Å². The van der Waals surface area contributed by atoms with E-state index in [9.17, 15) is 4.79 Å². The van der Waals surface area contributed by atoms with Gasteiger partial charge in [-0.1, -0.05) is 11.8 Å². The molecule has 0 saturated heterocycles. The third kappa shape index (κ3) is 3.29. The van der Waals surface area contributed by atoms with Gasteiger partial charge in [-0.3, -0.25) is 4.79 Å². The van der Waals surface area contributed by atoms with Crippen LogP contribution in [-0.4, -0.2) is 23.4 Å². The number of aryl methyl sites for hydroxylation is 3. The second-order valence-corrected chi connectivity index (χ2v) is 8.15. The average Bonchev–Trinajstić information content (AvgIpc) is 3.32. The molecule has 1 aromatic heterocycles. The highest BCUT2D eigenvalue weighted by atomic mass is 32.2. The average molecular weight is 392 g/mol. The number of carbonyl (C=O) groups is 1. The molecule has 0 atom stereocenters. The highest BCUT2D eigenvalue weighted by molar-refractivity contribution is 8.00. The predicted molar refractivity (Wildman–Crippen MR) is 110 cm³/mol. The van der Waals surface area contributed by atoms with Crippen molar-refractivity contribution in [1.29, 1.82) is 0 Å². The van der Waals surface area contributed by atoms with Crippen LogP contribution in [0.5, 0.6) is 11.5 Å². The van der Waals surface area contributed by atoms with Crippen molar-refractivity contribution in [2.45, 2.75) is 31.2 Å². The van der Waals surface area contributed by atoms with Crippen LogP contribution in [0, 0.1) is 6.92 Å². The van der Waals surface area contributed by atoms with Crippen molar-refractivity contribution in [3.63, 3.8) is 0 Å². The summed E-state index contributed by atoms with van der Waals surface area (Å²) in [5.74, 6) is 1.60. The Hall–Kier alpha value is -2.73. The quantitative estimate of drug-likeness (QED) is 0.663. The summed E-state index contributed by atoms with van der Waals surface area (Å²) < 4.78 is 10.6. The maximum absolute atomic E-state index is 12.4. The first-order valence-electron chi connectivity index (χ1n) is 9.41. The number of aromatic nitrogens is 1. The van der Waals surface area contributed by atoms with Gasteiger partial charge < -0.3 is 14.8 Å². The molecule has 2 heterocycles. The fourth-order valence-corrected chi connectivity index (χ4v) is 4.58. The van der Waals surface area contributed by atoms with Crippen LogP contribution in [0.15, 0.2) is 41.4 Å². The van der Waals surface area contributed by atoms with Crippen LogP contribution in [0.25, 0.3) is 10.9 Å². The van der Waals surface area contributed by atoms with Crippen molar-refractivity contribution < 1.29 is 14.3 Å². The lowest BCUT2D eigenvalue weighted by atomic mass is 10.1. The van der Waals surface area contributed by atoms with Gasteiger partial charge in [0.25, 0.3) is 0 Å². The second kappa shape index (κ2) is 7.02. The Morgan fingerprint density at radius 2 is 1.93 bits per heavy atom. The third-order valence-electron chi connectivity index (χ3n) is 5.17. The van der Waals surface area contributed by atoms with Crippen LogP contribution in [0.3, 0.4) is 0 Å². The number of nitrogens with zero attached hydrogens (tertiary/aromatic N) is 1. The minimum absolute atomic E-state index is 0.0703. The number of benzene rings is 2. The highest BCUT2D eigenvalue weighted by Gasteiger charge is 2.16. The van der Waals surface area contributed by atoms with E-state index in [1.54, 1.807) is 12.1 Å². The van der Waals surface area contributed by atoms with Crippen molar-refractivity contribution in [2.75, 3.05) is 17.9 Å². The zero-order chi connectivity index (χ0) is 19.1. The zero-order valence-electron chi connectivity index (χ0n) is 15.6. The van der Waals surface area contributed by atoms with E-state index < -0.39 is 0 Å². The lowest BCUT2D eigenvalue weighted by molar-refractivity contribution is -0.113. The van der Waals surface area contributed by atoms with Crippen LogP contribution in [0.1, 0.15) is 23.1 Å². The monoisotopic (exact) mass is 392 g/mol. The molecular weight excluding hydrogens is 372 g/mol. The Labute approximate surface area is 167 Å². The number of amides is 1. The lowest BCUT2D eigenvalue weighted by Gasteiger charge is -2.10. The molecule has 3 aromatic rings. The molecule has 5 nitrogen and oxygen atoms in total. The first-order chi connectivity index (χ1) is 13.7. The molecule has 28 heavy (non-hydrogen) atoms. The molecule has 1 amide bonds. The van der Waals surface area contributed by atoms with Crippen molar-refractivity contribution in [3.8, 4) is 11.5 Å². The molecule has 1 aliphatic heterocycles. The smallest absolute Gasteiger partial charge is 0.234 e. The molecule has 0 spiro atoms. The van der Waals surface area contributed by atoms with Gasteiger partial charge in [-0.15, -0.1) is 0 Å². The zero-order valence-corrected chi connectivity index (χ0v) is 16.4. The molecule has 0 saturated carbocycles. The molecule has 0 bridgehead atoms. The Balaban J connectivity index is 1.29. The van der Waals surface area contributed by atoms with Crippen LogP contribution in [0.4, 0.5) is 5.69 Å². The van der Waals surface area contributed by atoms with Gasteiger partial charge >= 0.3 is 0 Å². The van der Waals surface area contributed by atoms with Crippen LogP contribution in [-0.2, 0) is 17.6 Å². The van der Waals surface area contributed by atoms with Crippen molar-refractivity contribution in [3.05, 3.63) is 53.1 Å². The number of ether oxygens (including phenoxy) is 2. The predicted octanol–water partition coefficient (Wildman–Crippen LogP) is 4.49. The van der Waals surface area contributed by atoms with E-state index >= 15 is 0 Å². The number of pyridine rings is 1. The van der Waals surface area contributed by atoms with Crippen molar-refractivity contribution in [1.82, 2.24) is 4.98 Å². The summed E-state index contributed by atoms with van der Waals surface area (Å²) in [6.07, 6.45) is 3.54. The Morgan fingerprint density at radius 1 is 1.11 bits per heavy atom. The van der Waals surface area contributed by atoms with Gasteiger partial charge in [0.05, 0.1) is 11.3 Å². The number of anilines is 1. The van der Waals surface area contributed by atoms with Gasteiger partial charge in [0, 0.05) is 17.1 Å². The number of hydrogen-bond donors (Lipinski definition) is 1. The lowest BCUT2D eigenvalue weighted by Crippen LogP contribution is -2.14. The third-order valence-corrected chi connectivity index (χ3v) is 6.26. The van der Waals surface area contributed by atoms with E-state index in [2.05, 4.69) is 30.4 Å². The Kier molecular flexibility index (Phi) is 4.36. The van der Waals surface area contributed by atoms with Gasteiger partial charge in [0.15, 0.2) is 11.5 Å². The highest BCUT2D eigenvalue weighted by Crippen LogP contribution is 2.34. The van der Waals surface area contributed by atoms with E-state index in [4.69, 9.17) is 14.5 Å². The molecular formula is C22H20N2O3S. The van der Waals surface area contributed by atoms with Gasteiger partial charge in [0.2, 0.25) is 12.7 Å². The minimum atomic E-state index is -0.0703. The van der Waals surface area contributed by atoms with Gasteiger partial charge in [0.1, 0.15) is 5.03 Å². The maximum atomic E-state index is 12.4. The Morgan fingerprint density at radius 3 is 2.82 bits per heavy atom. The molecule has 0 radical (unpaired) electrons. The van der Waals surface area contributed by atoms with Gasteiger partial charge in [-0.25, -0.2) is 4.98 Å². The number of carbonyl (C=O) groups excluding carboxylic acids is 1. The molecule has 2 aliphatic rings. The molecule has 1 N–H and O–H groups in total. The number of hydrogen-bond acceptors (Lipinski definition) is 5. The first kappa shape index (κ1) is 17.4.